The van der Waals surface area contributed by atoms with Crippen molar-refractivity contribution < 1.29 is 9.53 Å². The van der Waals surface area contributed by atoms with Crippen molar-refractivity contribution in [1.29, 1.82) is 5.26 Å². The van der Waals surface area contributed by atoms with Gasteiger partial charge in [-0.3, -0.25) is 14.8 Å². The van der Waals surface area contributed by atoms with Crippen LogP contribution in [0.2, 0.25) is 0 Å². The van der Waals surface area contributed by atoms with Crippen LogP contribution in [0.25, 0.3) is 0 Å². The number of carbonyl (C=O) groups is 1. The summed E-state index contributed by atoms with van der Waals surface area (Å²) in [4.78, 5) is 14.7. The van der Waals surface area contributed by atoms with Gasteiger partial charge in [-0.05, 0) is 48.0 Å². The van der Waals surface area contributed by atoms with Crippen molar-refractivity contribution in [2.24, 2.45) is 0 Å². The Morgan fingerprint density at radius 3 is 2.39 bits per heavy atom. The highest BCUT2D eigenvalue weighted by molar-refractivity contribution is 6.09. The molecule has 2 heterocycles. The SMILES string of the molecule is N#Cc1ccc(N(C(=O)c2ccn[nH]2)c2ccc([C@H]3CNCCO3)cc2)cc1. The molecule has 3 aromatic rings. The molecule has 28 heavy (non-hydrogen) atoms. The van der Waals surface area contributed by atoms with Crippen LogP contribution in [-0.2, 0) is 4.74 Å². The topological polar surface area (TPSA) is 94.0 Å². The maximum absolute atomic E-state index is 13.1. The molecule has 2 N–H and O–H groups in total. The van der Waals surface area contributed by atoms with Gasteiger partial charge in [-0.2, -0.15) is 10.4 Å². The molecule has 0 saturated carbocycles. The molecule has 0 aliphatic carbocycles. The Labute approximate surface area is 162 Å². The third kappa shape index (κ3) is 3.64. The van der Waals surface area contributed by atoms with Crippen LogP contribution in [-0.4, -0.2) is 35.8 Å². The van der Waals surface area contributed by atoms with Crippen LogP contribution < -0.4 is 10.2 Å². The number of hydrogen-bond acceptors (Lipinski definition) is 5. The predicted octanol–water partition coefficient (Wildman–Crippen LogP) is 2.92. The number of nitriles is 1. The zero-order chi connectivity index (χ0) is 19.3. The number of H-pyrrole nitrogens is 1. The molecule has 0 bridgehead atoms. The second-order valence-corrected chi connectivity index (χ2v) is 6.42. The van der Waals surface area contributed by atoms with E-state index in [1.54, 1.807) is 41.4 Å². The van der Waals surface area contributed by atoms with E-state index in [0.717, 1.165) is 24.3 Å². The summed E-state index contributed by atoms with van der Waals surface area (Å²) in [7, 11) is 0. The Hall–Kier alpha value is -3.47. The standard InChI is InChI=1S/C21H19N5O2/c22-13-15-1-5-17(6-2-15)26(21(27)19-9-10-24-25-19)18-7-3-16(4-8-18)20-14-23-11-12-28-20/h1-10,20,23H,11-12,14H2,(H,24,25)/t20-/m1/s1. The molecule has 7 heteroatoms. The molecule has 4 rings (SSSR count). The Morgan fingerprint density at radius 1 is 1.11 bits per heavy atom. The molecule has 1 aliphatic rings. The summed E-state index contributed by atoms with van der Waals surface area (Å²) in [6.07, 6.45) is 1.55. The van der Waals surface area contributed by atoms with Gasteiger partial charge in [-0.1, -0.05) is 12.1 Å². The molecule has 0 unspecified atom stereocenters. The molecule has 1 fully saturated rings. The lowest BCUT2D eigenvalue weighted by atomic mass is 10.1. The van der Waals surface area contributed by atoms with Gasteiger partial charge >= 0.3 is 0 Å². The van der Waals surface area contributed by atoms with Gasteiger partial charge in [0, 0.05) is 30.7 Å². The fourth-order valence-corrected chi connectivity index (χ4v) is 3.18. The summed E-state index contributed by atoms with van der Waals surface area (Å²) in [5, 5.41) is 19.0. The molecule has 1 atom stereocenters. The van der Waals surface area contributed by atoms with Gasteiger partial charge < -0.3 is 10.1 Å². The quantitative estimate of drug-likeness (QED) is 0.733. The van der Waals surface area contributed by atoms with Crippen molar-refractivity contribution in [3.05, 3.63) is 77.6 Å². The first-order valence-electron chi connectivity index (χ1n) is 9.02. The van der Waals surface area contributed by atoms with E-state index in [2.05, 4.69) is 21.6 Å². The summed E-state index contributed by atoms with van der Waals surface area (Å²) in [5.41, 5.74) is 3.37. The van der Waals surface area contributed by atoms with E-state index in [1.165, 1.54) is 0 Å². The van der Waals surface area contributed by atoms with Crippen LogP contribution in [0.1, 0.15) is 27.7 Å². The van der Waals surface area contributed by atoms with Crippen LogP contribution in [0.5, 0.6) is 0 Å². The van der Waals surface area contributed by atoms with Crippen LogP contribution in [0.15, 0.2) is 60.8 Å². The lowest BCUT2D eigenvalue weighted by Gasteiger charge is -2.26. The molecule has 140 valence electrons. The van der Waals surface area contributed by atoms with Gasteiger partial charge in [0.2, 0.25) is 0 Å². The van der Waals surface area contributed by atoms with Gasteiger partial charge in [0.1, 0.15) is 5.69 Å². The fraction of sp³-hybridized carbons (Fsp3) is 0.190. The van der Waals surface area contributed by atoms with Crippen molar-refractivity contribution in [1.82, 2.24) is 15.5 Å². The number of amides is 1. The zero-order valence-corrected chi connectivity index (χ0v) is 15.1. The smallest absolute Gasteiger partial charge is 0.280 e. The van der Waals surface area contributed by atoms with Crippen molar-refractivity contribution in [2.45, 2.75) is 6.10 Å². The summed E-state index contributed by atoms with van der Waals surface area (Å²) in [6.45, 7) is 2.31. The van der Waals surface area contributed by atoms with Crippen LogP contribution in [0.3, 0.4) is 0 Å². The first-order valence-corrected chi connectivity index (χ1v) is 9.02. The minimum Gasteiger partial charge on any atom is -0.371 e. The normalized spacial score (nSPS) is 16.3. The number of aromatic nitrogens is 2. The number of rotatable bonds is 4. The number of ether oxygens (including phenoxy) is 1. The van der Waals surface area contributed by atoms with Gasteiger partial charge in [0.15, 0.2) is 0 Å². The molecule has 2 aromatic carbocycles. The van der Waals surface area contributed by atoms with E-state index in [0.29, 0.717) is 23.6 Å². The average Bonchev–Trinajstić information content (AvgIpc) is 3.30. The third-order valence-electron chi connectivity index (χ3n) is 4.64. The molecular weight excluding hydrogens is 354 g/mol. The summed E-state index contributed by atoms with van der Waals surface area (Å²) in [5.74, 6) is -0.231. The number of hydrogen-bond donors (Lipinski definition) is 2. The third-order valence-corrected chi connectivity index (χ3v) is 4.64. The van der Waals surface area contributed by atoms with E-state index < -0.39 is 0 Å². The minimum absolute atomic E-state index is 0.00877. The molecule has 1 amide bonds. The first kappa shape index (κ1) is 17.9. The number of anilines is 2. The molecule has 1 saturated heterocycles. The highest BCUT2D eigenvalue weighted by Crippen LogP contribution is 2.29. The van der Waals surface area contributed by atoms with E-state index in [-0.39, 0.29) is 12.0 Å². The Morgan fingerprint density at radius 2 is 1.82 bits per heavy atom. The average molecular weight is 373 g/mol. The molecule has 0 spiro atoms. The van der Waals surface area contributed by atoms with Crippen molar-refractivity contribution in [3.63, 3.8) is 0 Å². The van der Waals surface area contributed by atoms with E-state index in [1.807, 2.05) is 24.3 Å². The summed E-state index contributed by atoms with van der Waals surface area (Å²) in [6, 6.07) is 18.4. The maximum atomic E-state index is 13.1. The minimum atomic E-state index is -0.231. The van der Waals surface area contributed by atoms with Crippen LogP contribution in [0, 0.1) is 11.3 Å². The van der Waals surface area contributed by atoms with E-state index in [4.69, 9.17) is 10.00 Å². The lowest BCUT2D eigenvalue weighted by Crippen LogP contribution is -2.33. The van der Waals surface area contributed by atoms with Gasteiger partial charge in [-0.15, -0.1) is 0 Å². The van der Waals surface area contributed by atoms with Gasteiger partial charge in [0.25, 0.3) is 5.91 Å². The van der Waals surface area contributed by atoms with Gasteiger partial charge in [-0.25, -0.2) is 0 Å². The maximum Gasteiger partial charge on any atom is 0.280 e. The Bertz CT molecular complexity index is 969. The predicted molar refractivity (Wildman–Crippen MR) is 104 cm³/mol. The largest absolute Gasteiger partial charge is 0.371 e. The zero-order valence-electron chi connectivity index (χ0n) is 15.1. The summed E-state index contributed by atoms with van der Waals surface area (Å²) < 4.78 is 5.79. The Balaban J connectivity index is 1.68. The number of benzene rings is 2. The molecule has 7 nitrogen and oxygen atoms in total. The number of nitrogens with one attached hydrogen (secondary N) is 2. The van der Waals surface area contributed by atoms with E-state index in [9.17, 15) is 4.79 Å². The monoisotopic (exact) mass is 373 g/mol. The number of aromatic amines is 1. The van der Waals surface area contributed by atoms with Crippen molar-refractivity contribution >= 4 is 17.3 Å². The van der Waals surface area contributed by atoms with E-state index >= 15 is 0 Å². The molecule has 1 aliphatic heterocycles. The summed E-state index contributed by atoms with van der Waals surface area (Å²) >= 11 is 0. The van der Waals surface area contributed by atoms with Crippen LogP contribution >= 0.6 is 0 Å². The van der Waals surface area contributed by atoms with Crippen molar-refractivity contribution in [2.75, 3.05) is 24.6 Å². The second-order valence-electron chi connectivity index (χ2n) is 6.42. The molecule has 0 radical (unpaired) electrons. The number of morpholine rings is 1. The second kappa shape index (κ2) is 8.05. The Kier molecular flexibility index (Phi) is 5.15. The number of nitrogens with zero attached hydrogens (tertiary/aromatic N) is 3. The van der Waals surface area contributed by atoms with Crippen LogP contribution in [0.4, 0.5) is 11.4 Å². The fourth-order valence-electron chi connectivity index (χ4n) is 3.18. The lowest BCUT2D eigenvalue weighted by molar-refractivity contribution is 0.0277. The highest BCUT2D eigenvalue weighted by atomic mass is 16.5. The van der Waals surface area contributed by atoms with Crippen molar-refractivity contribution in [3.8, 4) is 6.07 Å². The molecule has 1 aromatic heterocycles. The first-order chi connectivity index (χ1) is 13.8. The van der Waals surface area contributed by atoms with Gasteiger partial charge in [0.05, 0.1) is 24.3 Å². The highest BCUT2D eigenvalue weighted by Gasteiger charge is 2.22. The molecular formula is C21H19N5O2. The number of carbonyl (C=O) groups excluding carboxylic acids is 1.